The molecule has 15 heteroatoms. The Hall–Kier alpha value is -4.09. The number of carbonyl (C=O) groups excluding carboxylic acids is 3. The third kappa shape index (κ3) is 5.09. The van der Waals surface area contributed by atoms with Crippen LogP contribution in [0.5, 0.6) is 11.5 Å². The average molecular weight is 768 g/mol. The monoisotopic (exact) mass is 768 g/mol. The fourth-order valence-electron chi connectivity index (χ4n) is 6.77. The smallest absolute Gasteiger partial charge is 0.316 e. The van der Waals surface area contributed by atoms with Crippen LogP contribution in [0.2, 0.25) is 0 Å². The maximum absolute atomic E-state index is 14.9. The Morgan fingerprint density at radius 3 is 1.72 bits per heavy atom. The van der Waals surface area contributed by atoms with Gasteiger partial charge in [-0.3, -0.25) is 9.59 Å². The SMILES string of the molecule is O=C([O-])c1c(F)c(F)c(OC(=O)C2C(C(=O)Oc3ccc(S(=O)(=O)[O-])c(I)c3)C3c4ccccc4C2C2C=CC=CC23)c(F)c1F. The van der Waals surface area contributed by atoms with Gasteiger partial charge in [-0.05, 0) is 63.8 Å². The Labute approximate surface area is 271 Å². The van der Waals surface area contributed by atoms with E-state index in [-0.39, 0.29) is 15.2 Å². The third-order valence-electron chi connectivity index (χ3n) is 8.49. The van der Waals surface area contributed by atoms with Gasteiger partial charge in [-0.15, -0.1) is 0 Å². The molecule has 4 aliphatic carbocycles. The van der Waals surface area contributed by atoms with E-state index in [2.05, 4.69) is 0 Å². The number of benzene rings is 3. The van der Waals surface area contributed by atoms with Crippen molar-refractivity contribution in [1.82, 2.24) is 0 Å². The van der Waals surface area contributed by atoms with Gasteiger partial charge in [0.2, 0.25) is 17.4 Å². The minimum atomic E-state index is -4.85. The van der Waals surface area contributed by atoms with Crippen LogP contribution in [-0.2, 0) is 19.7 Å². The zero-order valence-corrected chi connectivity index (χ0v) is 25.8. The highest BCUT2D eigenvalue weighted by Gasteiger charge is 2.61. The molecule has 4 aliphatic rings. The fraction of sp³-hybridized carbons (Fsp3) is 0.194. The second kappa shape index (κ2) is 11.6. The molecular formula is C31H17F4IO9S-2. The first kappa shape index (κ1) is 31.9. The molecule has 238 valence electrons. The van der Waals surface area contributed by atoms with Crippen LogP contribution >= 0.6 is 22.6 Å². The minimum absolute atomic E-state index is 0.0557. The van der Waals surface area contributed by atoms with E-state index in [1.54, 1.807) is 65.1 Å². The Kier molecular flexibility index (Phi) is 8.05. The molecule has 0 aliphatic heterocycles. The van der Waals surface area contributed by atoms with E-state index in [4.69, 9.17) is 9.47 Å². The van der Waals surface area contributed by atoms with Crippen LogP contribution in [0.25, 0.3) is 0 Å². The number of hydrogen-bond acceptors (Lipinski definition) is 9. The summed E-state index contributed by atoms with van der Waals surface area (Å²) in [6.45, 7) is 0. The molecule has 3 aromatic rings. The fourth-order valence-corrected chi connectivity index (χ4v) is 8.60. The largest absolute Gasteiger partial charge is 0.744 e. The molecule has 0 radical (unpaired) electrons. The quantitative estimate of drug-likeness (QED) is 0.0902. The van der Waals surface area contributed by atoms with Crippen LogP contribution in [-0.4, -0.2) is 30.9 Å². The lowest BCUT2D eigenvalue weighted by Gasteiger charge is -2.54. The van der Waals surface area contributed by atoms with E-state index in [1.165, 1.54) is 0 Å². The topological polar surface area (TPSA) is 150 Å². The van der Waals surface area contributed by atoms with Crippen molar-refractivity contribution in [2.45, 2.75) is 16.7 Å². The molecule has 0 saturated heterocycles. The molecule has 6 atom stereocenters. The van der Waals surface area contributed by atoms with Gasteiger partial charge in [0.05, 0.1) is 28.3 Å². The molecule has 0 amide bonds. The average Bonchev–Trinajstić information content (AvgIpc) is 3.01. The molecule has 6 unspecified atom stereocenters. The first-order chi connectivity index (χ1) is 21.7. The Bertz CT molecular complexity index is 1980. The molecule has 46 heavy (non-hydrogen) atoms. The summed E-state index contributed by atoms with van der Waals surface area (Å²) in [5, 5.41) is 11.1. The number of carbonyl (C=O) groups is 3. The highest BCUT2D eigenvalue weighted by atomic mass is 127. The molecule has 0 N–H and O–H groups in total. The number of allylic oxidation sites excluding steroid dienone is 4. The van der Waals surface area contributed by atoms with Crippen LogP contribution in [0.4, 0.5) is 17.6 Å². The lowest BCUT2D eigenvalue weighted by molar-refractivity contribution is -0.255. The van der Waals surface area contributed by atoms with E-state index >= 15 is 0 Å². The normalized spacial score (nSPS) is 24.2. The van der Waals surface area contributed by atoms with Crippen LogP contribution in [0.1, 0.15) is 33.3 Å². The summed E-state index contributed by atoms with van der Waals surface area (Å²) in [5.41, 5.74) is -0.742. The number of halogens is 5. The van der Waals surface area contributed by atoms with Gasteiger partial charge in [0, 0.05) is 15.4 Å². The summed E-state index contributed by atoms with van der Waals surface area (Å²) >= 11 is 1.57. The molecule has 2 bridgehead atoms. The van der Waals surface area contributed by atoms with Crippen LogP contribution in [0.15, 0.2) is 71.7 Å². The van der Waals surface area contributed by atoms with Crippen LogP contribution in [0, 0.1) is 50.5 Å². The van der Waals surface area contributed by atoms with Gasteiger partial charge in [-0.25, -0.2) is 17.2 Å². The number of rotatable bonds is 6. The van der Waals surface area contributed by atoms with Gasteiger partial charge in [0.15, 0.2) is 11.6 Å². The highest BCUT2D eigenvalue weighted by Crippen LogP contribution is 2.62. The zero-order chi connectivity index (χ0) is 33.2. The number of ether oxygens (including phenoxy) is 2. The Morgan fingerprint density at radius 2 is 1.26 bits per heavy atom. The molecule has 0 aromatic heterocycles. The Morgan fingerprint density at radius 1 is 0.761 bits per heavy atom. The third-order valence-corrected chi connectivity index (χ3v) is 10.6. The van der Waals surface area contributed by atoms with Gasteiger partial charge in [-0.1, -0.05) is 48.6 Å². The molecule has 0 heterocycles. The van der Waals surface area contributed by atoms with E-state index in [0.717, 1.165) is 18.2 Å². The molecule has 1 fully saturated rings. The number of aromatic carboxylic acids is 1. The molecule has 9 nitrogen and oxygen atoms in total. The van der Waals surface area contributed by atoms with Gasteiger partial charge >= 0.3 is 11.9 Å². The number of esters is 2. The van der Waals surface area contributed by atoms with Gasteiger partial charge in [0.25, 0.3) is 0 Å². The first-order valence-corrected chi connectivity index (χ1v) is 15.9. The van der Waals surface area contributed by atoms with Gasteiger partial charge < -0.3 is 23.9 Å². The van der Waals surface area contributed by atoms with Crippen molar-refractivity contribution < 1.29 is 59.5 Å². The standard InChI is InChI=1S/C31H19F4IO9S/c32-24-23(29(37)38)25(33)27(35)28(26(24)34)45-31(40)22-20-15-7-3-1-5-13(15)19(14-6-2-4-8-16(14)20)21(22)30(39)44-12-9-10-18(17(36)11-12)46(41,42)43/h1-11,13,15,19-22H,(H,37,38)(H,41,42,43)/p-2. The van der Waals surface area contributed by atoms with Gasteiger partial charge in [-0.2, -0.15) is 8.78 Å². The van der Waals surface area contributed by atoms with Crippen molar-refractivity contribution in [2.75, 3.05) is 0 Å². The summed E-state index contributed by atoms with van der Waals surface area (Å²) in [7, 11) is -4.85. The number of carboxylic acid groups (broad SMARTS) is 1. The molecular weight excluding hydrogens is 751 g/mol. The van der Waals surface area contributed by atoms with Crippen molar-refractivity contribution >= 4 is 50.6 Å². The summed E-state index contributed by atoms with van der Waals surface area (Å²) in [4.78, 5) is 38.4. The summed E-state index contributed by atoms with van der Waals surface area (Å²) in [6, 6.07) is 9.97. The van der Waals surface area contributed by atoms with Crippen molar-refractivity contribution in [3.05, 3.63) is 110 Å². The maximum Gasteiger partial charge on any atom is 0.316 e. The van der Waals surface area contributed by atoms with Crippen LogP contribution in [0.3, 0.4) is 0 Å². The summed E-state index contributed by atoms with van der Waals surface area (Å²) in [5.74, 6) is -21.7. The lowest BCUT2D eigenvalue weighted by Crippen LogP contribution is -2.55. The Balaban J connectivity index is 1.45. The molecule has 0 spiro atoms. The zero-order valence-electron chi connectivity index (χ0n) is 22.8. The minimum Gasteiger partial charge on any atom is -0.744 e. The predicted molar refractivity (Wildman–Crippen MR) is 153 cm³/mol. The highest BCUT2D eigenvalue weighted by molar-refractivity contribution is 14.1. The van der Waals surface area contributed by atoms with E-state index in [9.17, 15) is 50.0 Å². The van der Waals surface area contributed by atoms with Crippen molar-refractivity contribution in [2.24, 2.45) is 23.7 Å². The van der Waals surface area contributed by atoms with E-state index in [0.29, 0.717) is 11.1 Å². The number of hydrogen-bond donors (Lipinski definition) is 0. The van der Waals surface area contributed by atoms with Crippen molar-refractivity contribution in [1.29, 1.82) is 0 Å². The van der Waals surface area contributed by atoms with E-state index in [1.807, 2.05) is 6.08 Å². The number of fused-ring (bicyclic) bond motifs is 1. The maximum atomic E-state index is 14.9. The molecule has 3 aromatic carbocycles. The first-order valence-electron chi connectivity index (χ1n) is 13.4. The van der Waals surface area contributed by atoms with E-state index < -0.39 is 97.1 Å². The second-order valence-electron chi connectivity index (χ2n) is 10.8. The lowest BCUT2D eigenvalue weighted by atomic mass is 9.48. The molecule has 1 saturated carbocycles. The van der Waals surface area contributed by atoms with Crippen molar-refractivity contribution in [3.8, 4) is 11.5 Å². The van der Waals surface area contributed by atoms with Crippen LogP contribution < -0.4 is 14.6 Å². The predicted octanol–water partition coefficient (Wildman–Crippen LogP) is 4.11. The molecule has 7 rings (SSSR count). The van der Waals surface area contributed by atoms with Gasteiger partial charge in [0.1, 0.15) is 15.9 Å². The number of carboxylic acids is 1. The van der Waals surface area contributed by atoms with Crippen molar-refractivity contribution in [3.63, 3.8) is 0 Å². The summed E-state index contributed by atoms with van der Waals surface area (Å²) < 4.78 is 104. The second-order valence-corrected chi connectivity index (χ2v) is 13.3. The summed E-state index contributed by atoms with van der Waals surface area (Å²) in [6.07, 6.45) is 7.09.